The third-order valence-corrected chi connectivity index (χ3v) is 11.2. The van der Waals surface area contributed by atoms with Crippen molar-refractivity contribution in [1.29, 1.82) is 0 Å². The van der Waals surface area contributed by atoms with Crippen molar-refractivity contribution in [3.63, 3.8) is 0 Å². The highest BCUT2D eigenvalue weighted by Gasteiger charge is 2.36. The van der Waals surface area contributed by atoms with Crippen LogP contribution in [0.2, 0.25) is 0 Å². The van der Waals surface area contributed by atoms with Crippen molar-refractivity contribution in [3.8, 4) is 23.0 Å². The minimum absolute atomic E-state index is 0.264. The molecule has 0 spiro atoms. The van der Waals surface area contributed by atoms with E-state index in [1.54, 1.807) is 0 Å². The van der Waals surface area contributed by atoms with Crippen LogP contribution in [0, 0.1) is 31.1 Å². The van der Waals surface area contributed by atoms with Crippen LogP contribution in [0.15, 0.2) is 90.6 Å². The van der Waals surface area contributed by atoms with E-state index in [0.29, 0.717) is 23.7 Å². The van der Waals surface area contributed by atoms with E-state index >= 15 is 0 Å². The highest BCUT2D eigenvalue weighted by molar-refractivity contribution is 6.09. The summed E-state index contributed by atoms with van der Waals surface area (Å²) in [6.45, 7) is 23.0. The molecule has 0 bridgehead atoms. The summed E-state index contributed by atoms with van der Waals surface area (Å²) in [6, 6.07) is 26.0. The largest absolute Gasteiger partial charge is 0.457 e. The summed E-state index contributed by atoms with van der Waals surface area (Å²) in [5.74, 6) is 4.37. The van der Waals surface area contributed by atoms with Crippen LogP contribution in [0.5, 0.6) is 11.5 Å². The number of aryl methyl sites for hydroxylation is 2. The standard InChI is InChI=1S/C46H54N4O/c1-11-14-33-19-20-47-43(23-33)49-41-16-13-12-15-39(41)40-18-17-37(27-42(40)49)51-38-25-34(28(2)3)24-36(26-38)50-32(7)45(31(6)48-50)44-29(4)21-35(22-30(44)5)46(8,9)10/h12-13,15-21,23-28,30,35,44H,11,14,22H2,1-10H3/t30-,35-,44?/m0/s1. The van der Waals surface area contributed by atoms with E-state index in [4.69, 9.17) is 14.8 Å². The highest BCUT2D eigenvalue weighted by atomic mass is 16.5. The normalized spacial score (nSPS) is 18.2. The molecule has 0 saturated carbocycles. The van der Waals surface area contributed by atoms with Gasteiger partial charge < -0.3 is 4.74 Å². The van der Waals surface area contributed by atoms with E-state index in [2.05, 4.69) is 157 Å². The topological polar surface area (TPSA) is 44.9 Å². The van der Waals surface area contributed by atoms with Gasteiger partial charge >= 0.3 is 0 Å². The predicted molar refractivity (Wildman–Crippen MR) is 213 cm³/mol. The third-order valence-electron chi connectivity index (χ3n) is 11.2. The zero-order valence-corrected chi connectivity index (χ0v) is 32.2. The molecule has 0 fully saturated rings. The Kier molecular flexibility index (Phi) is 9.20. The second kappa shape index (κ2) is 13.5. The van der Waals surface area contributed by atoms with E-state index in [9.17, 15) is 0 Å². The van der Waals surface area contributed by atoms with E-state index in [1.165, 1.54) is 45.2 Å². The van der Waals surface area contributed by atoms with Crippen LogP contribution < -0.4 is 4.74 Å². The van der Waals surface area contributed by atoms with Crippen LogP contribution in [0.3, 0.4) is 0 Å². The Morgan fingerprint density at radius 1 is 0.882 bits per heavy atom. The Labute approximate surface area is 304 Å². The first-order valence-corrected chi connectivity index (χ1v) is 18.9. The molecule has 0 N–H and O–H groups in total. The fourth-order valence-corrected chi connectivity index (χ4v) is 8.49. The molecule has 7 rings (SSSR count). The molecule has 3 aromatic carbocycles. The molecule has 1 aliphatic carbocycles. The number of benzene rings is 3. The molecule has 0 aliphatic heterocycles. The first-order valence-electron chi connectivity index (χ1n) is 18.9. The fraction of sp³-hybridized carbons (Fsp3) is 0.391. The van der Waals surface area contributed by atoms with Crippen molar-refractivity contribution >= 4 is 21.8 Å². The Morgan fingerprint density at radius 3 is 2.37 bits per heavy atom. The average Bonchev–Trinajstić information content (AvgIpc) is 3.57. The van der Waals surface area contributed by atoms with Crippen LogP contribution in [-0.2, 0) is 6.42 Å². The van der Waals surface area contributed by atoms with Gasteiger partial charge in [-0.05, 0) is 110 Å². The molecule has 5 heteroatoms. The Balaban J connectivity index is 1.29. The van der Waals surface area contributed by atoms with Gasteiger partial charge in [0.1, 0.15) is 17.3 Å². The van der Waals surface area contributed by atoms with Gasteiger partial charge in [0.15, 0.2) is 0 Å². The van der Waals surface area contributed by atoms with Crippen molar-refractivity contribution in [2.75, 3.05) is 0 Å². The monoisotopic (exact) mass is 678 g/mol. The molecular formula is C46H54N4O. The first kappa shape index (κ1) is 34.8. The van der Waals surface area contributed by atoms with Crippen molar-refractivity contribution in [2.24, 2.45) is 17.3 Å². The molecule has 3 heterocycles. The number of rotatable bonds is 8. The van der Waals surface area contributed by atoms with Crippen molar-refractivity contribution in [3.05, 3.63) is 119 Å². The van der Waals surface area contributed by atoms with Gasteiger partial charge in [0.25, 0.3) is 0 Å². The Bertz CT molecular complexity index is 2260. The zero-order valence-electron chi connectivity index (χ0n) is 32.2. The molecule has 6 aromatic rings. The highest BCUT2D eigenvalue weighted by Crippen LogP contribution is 2.47. The SMILES string of the molecule is CCCc1ccnc(-n2c3ccccc3c3ccc(Oc4cc(C(C)C)cc(-n5nc(C)c(C6C(C)=C[C@H](C(C)(C)C)C[C@@H]6C)c5C)c4)cc32)c1. The third kappa shape index (κ3) is 6.52. The zero-order chi connectivity index (χ0) is 36.2. The number of hydrogen-bond donors (Lipinski definition) is 0. The van der Waals surface area contributed by atoms with Gasteiger partial charge in [-0.25, -0.2) is 9.67 Å². The minimum atomic E-state index is 0.264. The van der Waals surface area contributed by atoms with Crippen molar-refractivity contribution in [2.45, 2.75) is 100 Å². The first-order chi connectivity index (χ1) is 24.3. The molecule has 3 atom stereocenters. The minimum Gasteiger partial charge on any atom is -0.457 e. The number of allylic oxidation sites excluding steroid dienone is 2. The number of ether oxygens (including phenoxy) is 1. The molecule has 3 aromatic heterocycles. The van der Waals surface area contributed by atoms with Gasteiger partial charge in [-0.15, -0.1) is 0 Å². The lowest BCUT2D eigenvalue weighted by molar-refractivity contribution is 0.224. The second-order valence-corrected chi connectivity index (χ2v) is 16.4. The Morgan fingerprint density at radius 2 is 1.65 bits per heavy atom. The summed E-state index contributed by atoms with van der Waals surface area (Å²) in [5, 5.41) is 7.58. The van der Waals surface area contributed by atoms with Crippen molar-refractivity contribution < 1.29 is 4.74 Å². The van der Waals surface area contributed by atoms with Gasteiger partial charge in [0.05, 0.1) is 22.4 Å². The average molecular weight is 679 g/mol. The number of fused-ring (bicyclic) bond motifs is 3. The lowest BCUT2D eigenvalue weighted by Crippen LogP contribution is -2.28. The van der Waals surface area contributed by atoms with E-state index < -0.39 is 0 Å². The van der Waals surface area contributed by atoms with Crippen LogP contribution in [0.25, 0.3) is 33.3 Å². The summed E-state index contributed by atoms with van der Waals surface area (Å²) in [7, 11) is 0. The van der Waals surface area contributed by atoms with Crippen LogP contribution in [0.4, 0.5) is 0 Å². The van der Waals surface area contributed by atoms with E-state index in [-0.39, 0.29) is 5.41 Å². The van der Waals surface area contributed by atoms with Crippen LogP contribution in [-0.4, -0.2) is 19.3 Å². The Hall–Kier alpha value is -4.64. The van der Waals surface area contributed by atoms with E-state index in [1.807, 2.05) is 6.20 Å². The van der Waals surface area contributed by atoms with Gasteiger partial charge in [-0.1, -0.05) is 84.7 Å². The molecule has 5 nitrogen and oxygen atoms in total. The number of pyridine rings is 1. The smallest absolute Gasteiger partial charge is 0.137 e. The maximum atomic E-state index is 6.78. The molecular weight excluding hydrogens is 625 g/mol. The summed E-state index contributed by atoms with van der Waals surface area (Å²) >= 11 is 0. The van der Waals surface area contributed by atoms with Gasteiger partial charge in [-0.3, -0.25) is 4.57 Å². The van der Waals surface area contributed by atoms with Gasteiger partial charge in [-0.2, -0.15) is 5.10 Å². The molecule has 1 aliphatic rings. The maximum Gasteiger partial charge on any atom is 0.137 e. The number of nitrogens with zero attached hydrogens (tertiary/aromatic N) is 4. The molecule has 264 valence electrons. The van der Waals surface area contributed by atoms with Crippen LogP contribution >= 0.6 is 0 Å². The lowest BCUT2D eigenvalue weighted by Gasteiger charge is -2.39. The fourth-order valence-electron chi connectivity index (χ4n) is 8.49. The van der Waals surface area contributed by atoms with Crippen LogP contribution in [0.1, 0.15) is 108 Å². The number of hydrogen-bond acceptors (Lipinski definition) is 3. The molecule has 51 heavy (non-hydrogen) atoms. The molecule has 1 unspecified atom stereocenters. The second-order valence-electron chi connectivity index (χ2n) is 16.4. The van der Waals surface area contributed by atoms with Gasteiger partial charge in [0, 0.05) is 46.3 Å². The lowest BCUT2D eigenvalue weighted by atomic mass is 9.65. The molecule has 0 amide bonds. The number of aromatic nitrogens is 4. The van der Waals surface area contributed by atoms with E-state index in [0.717, 1.165) is 52.6 Å². The van der Waals surface area contributed by atoms with Gasteiger partial charge in [0.2, 0.25) is 0 Å². The predicted octanol–water partition coefficient (Wildman–Crippen LogP) is 12.6. The maximum absolute atomic E-state index is 6.78. The summed E-state index contributed by atoms with van der Waals surface area (Å²) < 4.78 is 11.2. The summed E-state index contributed by atoms with van der Waals surface area (Å²) in [6.07, 6.45) is 7.79. The molecule has 0 saturated heterocycles. The summed E-state index contributed by atoms with van der Waals surface area (Å²) in [4.78, 5) is 4.84. The number of para-hydroxylation sites is 1. The van der Waals surface area contributed by atoms with Crippen molar-refractivity contribution in [1.82, 2.24) is 19.3 Å². The summed E-state index contributed by atoms with van der Waals surface area (Å²) in [5.41, 5.74) is 11.2. The quantitative estimate of drug-likeness (QED) is 0.151. The molecule has 0 radical (unpaired) electrons.